The Kier molecular flexibility index (Phi) is 5.50. The highest BCUT2D eigenvalue weighted by molar-refractivity contribution is 6.34. The first kappa shape index (κ1) is 17.1. The normalized spacial score (nSPS) is 10.5. The Labute approximate surface area is 140 Å². The predicted molar refractivity (Wildman–Crippen MR) is 88.5 cm³/mol. The minimum Gasteiger partial charge on any atom is -0.493 e. The van der Waals surface area contributed by atoms with Crippen LogP contribution in [0.1, 0.15) is 21.7 Å². The van der Waals surface area contributed by atoms with Gasteiger partial charge in [-0.15, -0.1) is 0 Å². The van der Waals surface area contributed by atoms with Crippen molar-refractivity contribution in [2.75, 3.05) is 20.8 Å². The zero-order valence-corrected chi connectivity index (χ0v) is 14.4. The monoisotopic (exact) mass is 337 g/mol. The standard InChI is InChI=1S/C16H20ClN3O3/c1-10-14(17)15(20(2)19-10)16(21)18-8-7-11-5-6-12(22-3)13(9-11)23-4/h5-6,9H,7-8H2,1-4H3,(H,18,21). The van der Waals surface area contributed by atoms with Crippen molar-refractivity contribution in [3.8, 4) is 11.5 Å². The van der Waals surface area contributed by atoms with E-state index in [9.17, 15) is 4.79 Å². The number of rotatable bonds is 6. The Morgan fingerprint density at radius 3 is 2.57 bits per heavy atom. The maximum absolute atomic E-state index is 12.2. The van der Waals surface area contributed by atoms with E-state index in [4.69, 9.17) is 21.1 Å². The number of ether oxygens (including phenoxy) is 2. The lowest BCUT2D eigenvalue weighted by Crippen LogP contribution is -2.27. The van der Waals surface area contributed by atoms with Crippen LogP contribution in [-0.2, 0) is 13.5 Å². The van der Waals surface area contributed by atoms with Crippen LogP contribution in [-0.4, -0.2) is 36.5 Å². The lowest BCUT2D eigenvalue weighted by molar-refractivity contribution is 0.0945. The summed E-state index contributed by atoms with van der Waals surface area (Å²) >= 11 is 6.10. The summed E-state index contributed by atoms with van der Waals surface area (Å²) < 4.78 is 12.0. The van der Waals surface area contributed by atoms with E-state index in [0.717, 1.165) is 5.56 Å². The molecular weight excluding hydrogens is 318 g/mol. The summed E-state index contributed by atoms with van der Waals surface area (Å²) in [6.45, 7) is 2.25. The van der Waals surface area contributed by atoms with Gasteiger partial charge in [0.15, 0.2) is 11.5 Å². The molecule has 0 aliphatic rings. The SMILES string of the molecule is COc1ccc(CCNC(=O)c2c(Cl)c(C)nn2C)cc1OC. The van der Waals surface area contributed by atoms with Crippen molar-refractivity contribution in [2.24, 2.45) is 7.05 Å². The highest BCUT2D eigenvalue weighted by atomic mass is 35.5. The third kappa shape index (κ3) is 3.76. The highest BCUT2D eigenvalue weighted by Gasteiger charge is 2.18. The molecule has 0 unspecified atom stereocenters. The van der Waals surface area contributed by atoms with Crippen LogP contribution in [0.4, 0.5) is 0 Å². The van der Waals surface area contributed by atoms with E-state index >= 15 is 0 Å². The van der Waals surface area contributed by atoms with Crippen molar-refractivity contribution in [1.82, 2.24) is 15.1 Å². The molecule has 0 atom stereocenters. The summed E-state index contributed by atoms with van der Waals surface area (Å²) in [5.41, 5.74) is 2.05. The number of hydrogen-bond acceptors (Lipinski definition) is 4. The number of aryl methyl sites for hydroxylation is 2. The Bertz CT molecular complexity index is 713. The molecule has 0 saturated heterocycles. The molecule has 2 rings (SSSR count). The second-order valence-electron chi connectivity index (χ2n) is 5.07. The molecule has 1 amide bonds. The first-order valence-corrected chi connectivity index (χ1v) is 7.54. The summed E-state index contributed by atoms with van der Waals surface area (Å²) in [4.78, 5) is 12.2. The molecule has 1 aromatic heterocycles. The number of hydrogen-bond donors (Lipinski definition) is 1. The van der Waals surface area contributed by atoms with Crippen molar-refractivity contribution < 1.29 is 14.3 Å². The van der Waals surface area contributed by atoms with Crippen molar-refractivity contribution in [1.29, 1.82) is 0 Å². The lowest BCUT2D eigenvalue weighted by atomic mass is 10.1. The number of carbonyl (C=O) groups excluding carboxylic acids is 1. The van der Waals surface area contributed by atoms with E-state index in [2.05, 4.69) is 10.4 Å². The van der Waals surface area contributed by atoms with Gasteiger partial charge in [0, 0.05) is 13.6 Å². The smallest absolute Gasteiger partial charge is 0.271 e. The van der Waals surface area contributed by atoms with Gasteiger partial charge in [-0.1, -0.05) is 17.7 Å². The molecule has 1 N–H and O–H groups in total. The maximum atomic E-state index is 12.2. The van der Waals surface area contributed by atoms with Crippen LogP contribution in [0, 0.1) is 6.92 Å². The number of amides is 1. The number of carbonyl (C=O) groups is 1. The maximum Gasteiger partial charge on any atom is 0.271 e. The van der Waals surface area contributed by atoms with Gasteiger partial charge >= 0.3 is 0 Å². The van der Waals surface area contributed by atoms with Crippen LogP contribution in [0.2, 0.25) is 5.02 Å². The van der Waals surface area contributed by atoms with E-state index in [1.54, 1.807) is 28.2 Å². The summed E-state index contributed by atoms with van der Waals surface area (Å²) in [5, 5.41) is 7.37. The van der Waals surface area contributed by atoms with Gasteiger partial charge < -0.3 is 14.8 Å². The highest BCUT2D eigenvalue weighted by Crippen LogP contribution is 2.27. The molecule has 0 fully saturated rings. The number of nitrogens with one attached hydrogen (secondary N) is 1. The Hall–Kier alpha value is -2.21. The number of benzene rings is 1. The fourth-order valence-corrected chi connectivity index (χ4v) is 2.57. The topological polar surface area (TPSA) is 65.4 Å². The zero-order chi connectivity index (χ0) is 17.0. The van der Waals surface area contributed by atoms with Gasteiger partial charge in [-0.3, -0.25) is 9.48 Å². The van der Waals surface area contributed by atoms with E-state index in [1.165, 1.54) is 4.68 Å². The van der Waals surface area contributed by atoms with E-state index in [1.807, 2.05) is 18.2 Å². The molecule has 0 aliphatic heterocycles. The molecular formula is C16H20ClN3O3. The molecule has 0 saturated carbocycles. The number of nitrogens with zero attached hydrogens (tertiary/aromatic N) is 2. The number of methoxy groups -OCH3 is 2. The van der Waals surface area contributed by atoms with Gasteiger partial charge in [-0.25, -0.2) is 0 Å². The van der Waals surface area contributed by atoms with Gasteiger partial charge in [0.25, 0.3) is 5.91 Å². The van der Waals surface area contributed by atoms with Gasteiger partial charge in [0.05, 0.1) is 24.9 Å². The van der Waals surface area contributed by atoms with Gasteiger partial charge in [-0.2, -0.15) is 5.10 Å². The Morgan fingerprint density at radius 1 is 1.30 bits per heavy atom. The van der Waals surface area contributed by atoms with Crippen LogP contribution >= 0.6 is 11.6 Å². The van der Waals surface area contributed by atoms with Crippen molar-refractivity contribution in [3.63, 3.8) is 0 Å². The lowest BCUT2D eigenvalue weighted by Gasteiger charge is -2.10. The van der Waals surface area contributed by atoms with E-state index in [0.29, 0.717) is 40.9 Å². The van der Waals surface area contributed by atoms with Crippen LogP contribution in [0.25, 0.3) is 0 Å². The molecule has 6 nitrogen and oxygen atoms in total. The fourth-order valence-electron chi connectivity index (χ4n) is 2.32. The summed E-state index contributed by atoms with van der Waals surface area (Å²) in [5.74, 6) is 1.11. The molecule has 2 aromatic rings. The molecule has 0 spiro atoms. The molecule has 23 heavy (non-hydrogen) atoms. The second kappa shape index (κ2) is 7.37. The van der Waals surface area contributed by atoms with Crippen molar-refractivity contribution in [2.45, 2.75) is 13.3 Å². The third-order valence-electron chi connectivity index (χ3n) is 3.51. The Balaban J connectivity index is 1.98. The zero-order valence-electron chi connectivity index (χ0n) is 13.6. The molecule has 1 aromatic carbocycles. The molecule has 0 bridgehead atoms. The largest absolute Gasteiger partial charge is 0.493 e. The summed E-state index contributed by atoms with van der Waals surface area (Å²) in [6, 6.07) is 5.68. The van der Waals surface area contributed by atoms with Crippen LogP contribution < -0.4 is 14.8 Å². The fraction of sp³-hybridized carbons (Fsp3) is 0.375. The first-order valence-electron chi connectivity index (χ1n) is 7.16. The summed E-state index contributed by atoms with van der Waals surface area (Å²) in [6.07, 6.45) is 0.667. The van der Waals surface area contributed by atoms with Crippen LogP contribution in [0.3, 0.4) is 0 Å². The molecule has 7 heteroatoms. The average Bonchev–Trinajstić information content (AvgIpc) is 2.79. The first-order chi connectivity index (χ1) is 11.0. The second-order valence-corrected chi connectivity index (χ2v) is 5.44. The predicted octanol–water partition coefficient (Wildman–Crippen LogP) is 2.37. The van der Waals surface area contributed by atoms with Gasteiger partial charge in [0.2, 0.25) is 0 Å². The minimum absolute atomic E-state index is 0.237. The van der Waals surface area contributed by atoms with Gasteiger partial charge in [-0.05, 0) is 31.0 Å². The average molecular weight is 338 g/mol. The molecule has 0 aliphatic carbocycles. The van der Waals surface area contributed by atoms with Crippen molar-refractivity contribution >= 4 is 17.5 Å². The van der Waals surface area contributed by atoms with E-state index in [-0.39, 0.29) is 5.91 Å². The van der Waals surface area contributed by atoms with Crippen molar-refractivity contribution in [3.05, 3.63) is 40.2 Å². The Morgan fingerprint density at radius 2 is 2.00 bits per heavy atom. The van der Waals surface area contributed by atoms with Gasteiger partial charge in [0.1, 0.15) is 5.69 Å². The van der Waals surface area contributed by atoms with Crippen LogP contribution in [0.15, 0.2) is 18.2 Å². The summed E-state index contributed by atoms with van der Waals surface area (Å²) in [7, 11) is 4.88. The molecule has 1 heterocycles. The third-order valence-corrected chi connectivity index (χ3v) is 3.96. The number of aromatic nitrogens is 2. The molecule has 124 valence electrons. The quantitative estimate of drug-likeness (QED) is 0.879. The number of halogens is 1. The van der Waals surface area contributed by atoms with Crippen LogP contribution in [0.5, 0.6) is 11.5 Å². The van der Waals surface area contributed by atoms with E-state index < -0.39 is 0 Å². The minimum atomic E-state index is -0.237. The molecule has 0 radical (unpaired) electrons.